The maximum absolute atomic E-state index is 5.74. The monoisotopic (exact) mass is 244 g/mol. The summed E-state index contributed by atoms with van der Waals surface area (Å²) < 4.78 is 11.3. The molecule has 0 N–H and O–H groups in total. The van der Waals surface area contributed by atoms with E-state index in [0.29, 0.717) is 6.61 Å². The fourth-order valence-electron chi connectivity index (χ4n) is 1.80. The number of thiophene rings is 1. The van der Waals surface area contributed by atoms with Crippen LogP contribution in [0.4, 0.5) is 0 Å². The average Bonchev–Trinajstić information content (AvgIpc) is 2.80. The fourth-order valence-corrected chi connectivity index (χ4v) is 2.66. The molecule has 0 radical (unpaired) electrons. The Labute approximate surface area is 104 Å². The Morgan fingerprint density at radius 1 is 1.06 bits per heavy atom. The first-order valence-corrected chi connectivity index (χ1v) is 6.48. The molecule has 2 heterocycles. The number of fused-ring (bicyclic) bond motifs is 2. The molecular formula is C14H12O2S. The van der Waals surface area contributed by atoms with E-state index in [-0.39, 0.29) is 0 Å². The predicted octanol–water partition coefficient (Wildman–Crippen LogP) is 3.73. The van der Waals surface area contributed by atoms with Crippen molar-refractivity contribution in [3.8, 4) is 11.5 Å². The van der Waals surface area contributed by atoms with Crippen LogP contribution in [-0.2, 0) is 6.42 Å². The van der Waals surface area contributed by atoms with Gasteiger partial charge < -0.3 is 9.47 Å². The van der Waals surface area contributed by atoms with Crippen LogP contribution in [0.5, 0.6) is 11.5 Å². The van der Waals surface area contributed by atoms with Crippen LogP contribution in [0.3, 0.4) is 0 Å². The molecule has 3 rings (SSSR count). The first kappa shape index (κ1) is 10.4. The van der Waals surface area contributed by atoms with Crippen molar-refractivity contribution in [3.05, 3.63) is 52.4 Å². The highest BCUT2D eigenvalue weighted by Gasteiger charge is 2.07. The van der Waals surface area contributed by atoms with Crippen molar-refractivity contribution in [3.63, 3.8) is 0 Å². The Morgan fingerprint density at radius 2 is 1.94 bits per heavy atom. The van der Waals surface area contributed by atoms with Gasteiger partial charge in [-0.05, 0) is 40.1 Å². The topological polar surface area (TPSA) is 18.5 Å². The van der Waals surface area contributed by atoms with Crippen LogP contribution in [0.1, 0.15) is 11.1 Å². The number of benzene rings is 1. The third kappa shape index (κ3) is 2.19. The van der Waals surface area contributed by atoms with Gasteiger partial charge >= 0.3 is 0 Å². The summed E-state index contributed by atoms with van der Waals surface area (Å²) in [6.45, 7) is 0.679. The van der Waals surface area contributed by atoms with Gasteiger partial charge in [0.25, 0.3) is 0 Å². The minimum Gasteiger partial charge on any atom is -0.489 e. The summed E-state index contributed by atoms with van der Waals surface area (Å²) in [6.07, 6.45) is 4.66. The maximum Gasteiger partial charge on any atom is 0.168 e. The summed E-state index contributed by atoms with van der Waals surface area (Å²) in [5.41, 5.74) is 2.53. The highest BCUT2D eigenvalue weighted by molar-refractivity contribution is 7.08. The molecule has 0 saturated heterocycles. The minimum atomic E-state index is 0.679. The summed E-state index contributed by atoms with van der Waals surface area (Å²) in [7, 11) is 0. The summed E-state index contributed by atoms with van der Waals surface area (Å²) >= 11 is 1.71. The van der Waals surface area contributed by atoms with Gasteiger partial charge in [0.1, 0.15) is 0 Å². The van der Waals surface area contributed by atoms with Gasteiger partial charge in [-0.3, -0.25) is 0 Å². The lowest BCUT2D eigenvalue weighted by molar-refractivity contribution is 0.305. The number of para-hydroxylation sites is 2. The number of hydrogen-bond donors (Lipinski definition) is 0. The van der Waals surface area contributed by atoms with Gasteiger partial charge in [0.2, 0.25) is 0 Å². The van der Waals surface area contributed by atoms with Crippen molar-refractivity contribution in [1.29, 1.82) is 0 Å². The van der Waals surface area contributed by atoms with Crippen LogP contribution < -0.4 is 9.47 Å². The Hall–Kier alpha value is -1.74. The van der Waals surface area contributed by atoms with Crippen LogP contribution in [0.15, 0.2) is 41.3 Å². The van der Waals surface area contributed by atoms with Crippen LogP contribution in [-0.4, -0.2) is 6.61 Å². The lowest BCUT2D eigenvalue weighted by Gasteiger charge is -2.11. The smallest absolute Gasteiger partial charge is 0.168 e. The third-order valence-corrected chi connectivity index (χ3v) is 3.51. The molecule has 2 aromatic rings. The fraction of sp³-hybridized carbons (Fsp3) is 0.143. The first-order chi connectivity index (χ1) is 8.43. The molecule has 0 unspecified atom stereocenters. The molecule has 1 aromatic carbocycles. The van der Waals surface area contributed by atoms with Crippen LogP contribution >= 0.6 is 11.3 Å². The molecule has 1 aliphatic heterocycles. The van der Waals surface area contributed by atoms with Crippen molar-refractivity contribution >= 4 is 17.4 Å². The Morgan fingerprint density at radius 3 is 2.88 bits per heavy atom. The van der Waals surface area contributed by atoms with Crippen LogP contribution in [0.25, 0.3) is 6.08 Å². The SMILES string of the molecule is C1=C\c2cscc2CCOc2ccccc2O/1. The van der Waals surface area contributed by atoms with E-state index < -0.39 is 0 Å². The van der Waals surface area contributed by atoms with E-state index in [1.165, 1.54) is 11.1 Å². The predicted molar refractivity (Wildman–Crippen MR) is 69.6 cm³/mol. The lowest BCUT2D eigenvalue weighted by atomic mass is 10.1. The van der Waals surface area contributed by atoms with Gasteiger partial charge in [-0.15, -0.1) is 0 Å². The second kappa shape index (κ2) is 4.63. The second-order valence-corrected chi connectivity index (χ2v) is 4.56. The van der Waals surface area contributed by atoms with Crippen molar-refractivity contribution < 1.29 is 9.47 Å². The van der Waals surface area contributed by atoms with Gasteiger partial charge in [-0.1, -0.05) is 12.1 Å². The van der Waals surface area contributed by atoms with E-state index in [1.54, 1.807) is 17.6 Å². The average molecular weight is 244 g/mol. The maximum atomic E-state index is 5.74. The Kier molecular flexibility index (Phi) is 2.84. The molecule has 86 valence electrons. The Balaban J connectivity index is 1.94. The van der Waals surface area contributed by atoms with Crippen LogP contribution in [0, 0.1) is 0 Å². The van der Waals surface area contributed by atoms with Crippen LogP contribution in [0.2, 0.25) is 0 Å². The first-order valence-electron chi connectivity index (χ1n) is 5.53. The molecule has 1 aliphatic rings. The van der Waals surface area contributed by atoms with Gasteiger partial charge in [0, 0.05) is 6.42 Å². The molecule has 2 nitrogen and oxygen atoms in total. The van der Waals surface area contributed by atoms with E-state index in [4.69, 9.17) is 9.47 Å². The normalized spacial score (nSPS) is 16.0. The van der Waals surface area contributed by atoms with Gasteiger partial charge in [0.15, 0.2) is 11.5 Å². The highest BCUT2D eigenvalue weighted by Crippen LogP contribution is 2.28. The van der Waals surface area contributed by atoms with Crippen molar-refractivity contribution in [2.45, 2.75) is 6.42 Å². The lowest BCUT2D eigenvalue weighted by Crippen LogP contribution is -2.03. The van der Waals surface area contributed by atoms with Gasteiger partial charge in [-0.25, -0.2) is 0 Å². The van der Waals surface area contributed by atoms with Crippen molar-refractivity contribution in [2.24, 2.45) is 0 Å². The zero-order valence-electron chi connectivity index (χ0n) is 9.26. The molecule has 0 atom stereocenters. The number of rotatable bonds is 0. The number of ether oxygens (including phenoxy) is 2. The van der Waals surface area contributed by atoms with Crippen molar-refractivity contribution in [2.75, 3.05) is 6.61 Å². The molecular weight excluding hydrogens is 232 g/mol. The van der Waals surface area contributed by atoms with E-state index in [0.717, 1.165) is 17.9 Å². The van der Waals surface area contributed by atoms with E-state index in [9.17, 15) is 0 Å². The minimum absolute atomic E-state index is 0.679. The second-order valence-electron chi connectivity index (χ2n) is 3.82. The molecule has 0 saturated carbocycles. The molecule has 0 spiro atoms. The summed E-state index contributed by atoms with van der Waals surface area (Å²) in [4.78, 5) is 0. The van der Waals surface area contributed by atoms with Crippen molar-refractivity contribution in [1.82, 2.24) is 0 Å². The standard InChI is InChI=1S/C14H12O2S/c1-2-4-14-13(3-1)15-7-5-11-9-17-10-12(11)6-8-16-14/h1-5,7,9-10H,6,8H2/b7-5-. The highest BCUT2D eigenvalue weighted by atomic mass is 32.1. The number of hydrogen-bond acceptors (Lipinski definition) is 3. The summed E-state index contributed by atoms with van der Waals surface area (Å²) in [5.74, 6) is 1.57. The molecule has 0 aliphatic carbocycles. The van der Waals surface area contributed by atoms with E-state index in [2.05, 4.69) is 10.8 Å². The largest absolute Gasteiger partial charge is 0.489 e. The third-order valence-electron chi connectivity index (χ3n) is 2.70. The molecule has 0 fully saturated rings. The molecule has 1 aromatic heterocycles. The Bertz CT molecular complexity index is 543. The summed E-state index contributed by atoms with van der Waals surface area (Å²) in [6, 6.07) is 7.74. The summed E-state index contributed by atoms with van der Waals surface area (Å²) in [5, 5.41) is 4.29. The van der Waals surface area contributed by atoms with Gasteiger partial charge in [0.05, 0.1) is 12.9 Å². The van der Waals surface area contributed by atoms with Gasteiger partial charge in [-0.2, -0.15) is 11.3 Å². The molecule has 0 amide bonds. The van der Waals surface area contributed by atoms with E-state index in [1.807, 2.05) is 30.3 Å². The zero-order valence-corrected chi connectivity index (χ0v) is 10.1. The molecule has 17 heavy (non-hydrogen) atoms. The quantitative estimate of drug-likeness (QED) is 0.703. The molecule has 3 heteroatoms. The zero-order chi connectivity index (χ0) is 11.5. The molecule has 0 bridgehead atoms. The van der Waals surface area contributed by atoms with E-state index >= 15 is 0 Å².